The van der Waals surface area contributed by atoms with Crippen molar-refractivity contribution in [2.45, 2.75) is 38.1 Å². The summed E-state index contributed by atoms with van der Waals surface area (Å²) in [7, 11) is 0. The molecule has 2 N–H and O–H groups in total. The normalized spacial score (nSPS) is 17.2. The first-order chi connectivity index (χ1) is 8.40. The summed E-state index contributed by atoms with van der Waals surface area (Å²) in [5.74, 6) is 0. The van der Waals surface area contributed by atoms with Crippen LogP contribution in [0.25, 0.3) is 0 Å². The van der Waals surface area contributed by atoms with Crippen LogP contribution in [-0.4, -0.2) is 16.5 Å². The minimum absolute atomic E-state index is 0.276. The van der Waals surface area contributed by atoms with Crippen LogP contribution in [0.3, 0.4) is 0 Å². The maximum atomic E-state index is 9.06. The van der Waals surface area contributed by atoms with Gasteiger partial charge in [-0.25, -0.2) is 4.98 Å². The van der Waals surface area contributed by atoms with Crippen LogP contribution in [0.1, 0.15) is 43.8 Å². The van der Waals surface area contributed by atoms with Crippen molar-refractivity contribution >= 4 is 0 Å². The number of hydrogen-bond acceptors (Lipinski definition) is 3. The lowest BCUT2D eigenvalue weighted by Gasteiger charge is -2.14. The van der Waals surface area contributed by atoms with Gasteiger partial charge in [0.1, 0.15) is 6.04 Å². The topological polar surface area (TPSA) is 64.5 Å². The van der Waals surface area contributed by atoms with Crippen molar-refractivity contribution in [1.29, 1.82) is 5.26 Å². The van der Waals surface area contributed by atoms with Gasteiger partial charge in [-0.2, -0.15) is 5.26 Å². The van der Waals surface area contributed by atoms with E-state index in [1.54, 1.807) is 12.5 Å². The number of nitrogens with one attached hydrogen (secondary N) is 2. The minimum Gasteiger partial charge on any atom is -0.346 e. The first-order valence-electron chi connectivity index (χ1n) is 6.19. The van der Waals surface area contributed by atoms with E-state index >= 15 is 0 Å². The monoisotopic (exact) mass is 230 g/mol. The smallest absolute Gasteiger partial charge is 0.137 e. The molecule has 1 heterocycles. The summed E-state index contributed by atoms with van der Waals surface area (Å²) in [4.78, 5) is 6.90. The Kier molecular flexibility index (Phi) is 4.34. The molecule has 90 valence electrons. The van der Waals surface area contributed by atoms with Crippen LogP contribution in [0.4, 0.5) is 0 Å². The van der Waals surface area contributed by atoms with Gasteiger partial charge in [0.25, 0.3) is 0 Å². The zero-order valence-corrected chi connectivity index (χ0v) is 9.95. The van der Waals surface area contributed by atoms with E-state index in [1.807, 2.05) is 0 Å². The standard InChI is InChI=1S/C13H18N4/c14-8-12(13-9-15-10-17-13)16-7-6-11-4-2-1-3-5-11/h4,9-10,12,16H,1-3,5-7H2,(H,15,17). The average molecular weight is 230 g/mol. The second-order valence-electron chi connectivity index (χ2n) is 4.38. The average Bonchev–Trinajstić information content (AvgIpc) is 2.90. The fraction of sp³-hybridized carbons (Fsp3) is 0.538. The van der Waals surface area contributed by atoms with Gasteiger partial charge in [-0.1, -0.05) is 11.6 Å². The van der Waals surface area contributed by atoms with Gasteiger partial charge in [0.05, 0.1) is 24.3 Å². The van der Waals surface area contributed by atoms with Gasteiger partial charge in [-0.3, -0.25) is 5.32 Å². The maximum Gasteiger partial charge on any atom is 0.137 e. The van der Waals surface area contributed by atoms with E-state index in [-0.39, 0.29) is 6.04 Å². The predicted molar refractivity (Wildman–Crippen MR) is 66.1 cm³/mol. The van der Waals surface area contributed by atoms with Crippen LogP contribution in [-0.2, 0) is 0 Å². The van der Waals surface area contributed by atoms with Crippen molar-refractivity contribution in [3.63, 3.8) is 0 Å². The molecule has 4 heteroatoms. The van der Waals surface area contributed by atoms with E-state index in [4.69, 9.17) is 5.26 Å². The fourth-order valence-corrected chi connectivity index (χ4v) is 2.16. The van der Waals surface area contributed by atoms with Crippen LogP contribution in [0.5, 0.6) is 0 Å². The van der Waals surface area contributed by atoms with Crippen LogP contribution in [0, 0.1) is 11.3 Å². The Hall–Kier alpha value is -1.60. The SMILES string of the molecule is N#CC(NCCC1=CCCCC1)c1cnc[nH]1. The van der Waals surface area contributed by atoms with Gasteiger partial charge in [0, 0.05) is 6.54 Å². The van der Waals surface area contributed by atoms with Crippen LogP contribution in [0.2, 0.25) is 0 Å². The highest BCUT2D eigenvalue weighted by atomic mass is 15.0. The van der Waals surface area contributed by atoms with E-state index in [0.717, 1.165) is 18.7 Å². The summed E-state index contributed by atoms with van der Waals surface area (Å²) in [6, 6.07) is 1.96. The van der Waals surface area contributed by atoms with Crippen LogP contribution in [0.15, 0.2) is 24.2 Å². The molecule has 4 nitrogen and oxygen atoms in total. The molecule has 1 aliphatic carbocycles. The van der Waals surface area contributed by atoms with Gasteiger partial charge in [-0.05, 0) is 32.1 Å². The fourth-order valence-electron chi connectivity index (χ4n) is 2.16. The van der Waals surface area contributed by atoms with Crippen LogP contribution < -0.4 is 5.32 Å². The van der Waals surface area contributed by atoms with Crippen molar-refractivity contribution in [1.82, 2.24) is 15.3 Å². The largest absolute Gasteiger partial charge is 0.346 e. The number of rotatable bonds is 5. The van der Waals surface area contributed by atoms with Crippen molar-refractivity contribution < 1.29 is 0 Å². The first kappa shape index (κ1) is 11.9. The highest BCUT2D eigenvalue weighted by Gasteiger charge is 2.11. The predicted octanol–water partition coefficient (Wildman–Crippen LogP) is 2.45. The van der Waals surface area contributed by atoms with Gasteiger partial charge in [-0.15, -0.1) is 0 Å². The summed E-state index contributed by atoms with van der Waals surface area (Å²) in [5, 5.41) is 12.3. The molecule has 1 atom stereocenters. The van der Waals surface area contributed by atoms with Gasteiger partial charge < -0.3 is 4.98 Å². The van der Waals surface area contributed by atoms with Crippen LogP contribution >= 0.6 is 0 Å². The summed E-state index contributed by atoms with van der Waals surface area (Å²) in [6.07, 6.45) is 11.8. The van der Waals surface area contributed by atoms with E-state index in [9.17, 15) is 0 Å². The third-order valence-corrected chi connectivity index (χ3v) is 3.14. The Bertz CT molecular complexity index is 400. The van der Waals surface area contributed by atoms with E-state index < -0.39 is 0 Å². The summed E-state index contributed by atoms with van der Waals surface area (Å²) < 4.78 is 0. The number of aromatic amines is 1. The molecule has 0 aromatic carbocycles. The number of imidazole rings is 1. The Morgan fingerprint density at radius 3 is 3.12 bits per heavy atom. The molecule has 0 radical (unpaired) electrons. The third kappa shape index (κ3) is 3.43. The maximum absolute atomic E-state index is 9.06. The Morgan fingerprint density at radius 1 is 1.53 bits per heavy atom. The lowest BCUT2D eigenvalue weighted by Crippen LogP contribution is -2.22. The second kappa shape index (κ2) is 6.21. The molecule has 0 fully saturated rings. The molecule has 0 aliphatic heterocycles. The number of H-pyrrole nitrogens is 1. The number of nitrogens with zero attached hydrogens (tertiary/aromatic N) is 2. The van der Waals surface area contributed by atoms with Gasteiger partial charge in [0.2, 0.25) is 0 Å². The quantitative estimate of drug-likeness (QED) is 0.764. The molecule has 0 spiro atoms. The Morgan fingerprint density at radius 2 is 2.47 bits per heavy atom. The number of nitriles is 1. The van der Waals surface area contributed by atoms with E-state index in [2.05, 4.69) is 27.4 Å². The lowest BCUT2D eigenvalue weighted by molar-refractivity contribution is 0.595. The molecular weight excluding hydrogens is 212 g/mol. The molecule has 0 amide bonds. The Balaban J connectivity index is 1.77. The number of aromatic nitrogens is 2. The van der Waals surface area contributed by atoms with Crippen molar-refractivity contribution in [3.8, 4) is 6.07 Å². The number of allylic oxidation sites excluding steroid dienone is 1. The van der Waals surface area contributed by atoms with Gasteiger partial charge >= 0.3 is 0 Å². The third-order valence-electron chi connectivity index (χ3n) is 3.14. The molecule has 0 saturated heterocycles. The van der Waals surface area contributed by atoms with E-state index in [1.165, 1.54) is 31.3 Å². The molecule has 1 aliphatic rings. The summed E-state index contributed by atoms with van der Waals surface area (Å²) in [5.41, 5.74) is 2.37. The summed E-state index contributed by atoms with van der Waals surface area (Å²) >= 11 is 0. The zero-order valence-electron chi connectivity index (χ0n) is 9.95. The highest BCUT2D eigenvalue weighted by Crippen LogP contribution is 2.19. The molecule has 17 heavy (non-hydrogen) atoms. The molecule has 1 unspecified atom stereocenters. The zero-order chi connectivity index (χ0) is 11.9. The first-order valence-corrected chi connectivity index (χ1v) is 6.19. The minimum atomic E-state index is -0.276. The van der Waals surface area contributed by atoms with Crippen molar-refractivity contribution in [2.24, 2.45) is 0 Å². The van der Waals surface area contributed by atoms with Crippen molar-refractivity contribution in [2.75, 3.05) is 6.54 Å². The molecule has 0 saturated carbocycles. The van der Waals surface area contributed by atoms with Crippen molar-refractivity contribution in [3.05, 3.63) is 29.9 Å². The summed E-state index contributed by atoms with van der Waals surface area (Å²) in [6.45, 7) is 0.850. The molecule has 0 bridgehead atoms. The lowest BCUT2D eigenvalue weighted by atomic mass is 9.97. The Labute approximate surface area is 102 Å². The number of hydrogen-bond donors (Lipinski definition) is 2. The highest BCUT2D eigenvalue weighted by molar-refractivity contribution is 5.12. The second-order valence-corrected chi connectivity index (χ2v) is 4.38. The molecule has 1 aromatic rings. The molecular formula is C13H18N4. The van der Waals surface area contributed by atoms with E-state index in [0.29, 0.717) is 0 Å². The molecule has 1 aromatic heterocycles. The van der Waals surface area contributed by atoms with Gasteiger partial charge in [0.15, 0.2) is 0 Å². The molecule has 2 rings (SSSR count).